The van der Waals surface area contributed by atoms with E-state index in [-0.39, 0.29) is 33.9 Å². The Bertz CT molecular complexity index is 927. The largest absolute Gasteiger partial charge is 0.339 e. The lowest BCUT2D eigenvalue weighted by molar-refractivity contribution is -0.129. The number of rotatable bonds is 7. The van der Waals surface area contributed by atoms with E-state index in [1.54, 1.807) is 22.7 Å². The maximum absolute atomic E-state index is 12.9. The van der Waals surface area contributed by atoms with Crippen LogP contribution in [0.25, 0.3) is 0 Å². The fourth-order valence-corrected chi connectivity index (χ4v) is 6.52. The topological polar surface area (TPSA) is 57.7 Å². The van der Waals surface area contributed by atoms with E-state index in [0.29, 0.717) is 18.8 Å². The van der Waals surface area contributed by atoms with Crippen LogP contribution >= 0.6 is 35.0 Å². The fraction of sp³-hybridized carbons (Fsp3) is 0.350. The molecule has 0 spiro atoms. The van der Waals surface area contributed by atoms with Gasteiger partial charge in [0.15, 0.2) is 0 Å². The predicted octanol–water partition coefficient (Wildman–Crippen LogP) is 3.80. The molecule has 0 unspecified atom stereocenters. The van der Waals surface area contributed by atoms with Crippen molar-refractivity contribution >= 4 is 50.9 Å². The Morgan fingerprint density at radius 3 is 2.17 bits per heavy atom. The number of benzene rings is 2. The van der Waals surface area contributed by atoms with Crippen LogP contribution in [0.3, 0.4) is 0 Å². The van der Waals surface area contributed by atoms with Gasteiger partial charge in [0, 0.05) is 26.2 Å². The summed E-state index contributed by atoms with van der Waals surface area (Å²) in [4.78, 5) is 14.1. The number of hydrogen-bond donors (Lipinski definition) is 0. The van der Waals surface area contributed by atoms with Gasteiger partial charge in [-0.3, -0.25) is 4.79 Å². The van der Waals surface area contributed by atoms with Gasteiger partial charge < -0.3 is 4.90 Å². The summed E-state index contributed by atoms with van der Waals surface area (Å²) in [6, 6.07) is 14.8. The standard InChI is InChI=1S/C20H22Cl2N2O3S2/c21-17-7-4-8-18(22)20(17)29(26,27)24-12-10-23(11-13-24)19(25)15-28-14-9-16-5-2-1-3-6-16/h1-8H,9-15H2. The Hall–Kier alpha value is -1.25. The Morgan fingerprint density at radius 1 is 0.931 bits per heavy atom. The molecule has 3 rings (SSSR count). The minimum atomic E-state index is -3.80. The first-order chi connectivity index (χ1) is 13.9. The molecule has 5 nitrogen and oxygen atoms in total. The first kappa shape index (κ1) is 22.4. The van der Waals surface area contributed by atoms with Crippen molar-refractivity contribution in [2.45, 2.75) is 11.3 Å². The highest BCUT2D eigenvalue weighted by atomic mass is 35.5. The van der Waals surface area contributed by atoms with Crippen LogP contribution < -0.4 is 0 Å². The Balaban J connectivity index is 1.49. The van der Waals surface area contributed by atoms with Crippen molar-refractivity contribution in [2.75, 3.05) is 37.7 Å². The lowest BCUT2D eigenvalue weighted by atomic mass is 10.2. The number of piperazine rings is 1. The van der Waals surface area contributed by atoms with E-state index >= 15 is 0 Å². The van der Waals surface area contributed by atoms with Gasteiger partial charge in [-0.25, -0.2) is 8.42 Å². The average Bonchev–Trinajstić information content (AvgIpc) is 2.71. The van der Waals surface area contributed by atoms with E-state index in [2.05, 4.69) is 12.1 Å². The van der Waals surface area contributed by atoms with Gasteiger partial charge in [-0.15, -0.1) is 0 Å². The summed E-state index contributed by atoms with van der Waals surface area (Å²) in [5.74, 6) is 1.31. The number of carbonyl (C=O) groups is 1. The summed E-state index contributed by atoms with van der Waals surface area (Å²) >= 11 is 13.7. The minimum absolute atomic E-state index is 0.0379. The third-order valence-corrected chi connectivity index (χ3v) is 8.51. The number of aryl methyl sites for hydroxylation is 1. The molecule has 0 saturated carbocycles. The smallest absolute Gasteiger partial charge is 0.246 e. The van der Waals surface area contributed by atoms with Crippen molar-refractivity contribution < 1.29 is 13.2 Å². The predicted molar refractivity (Wildman–Crippen MR) is 119 cm³/mol. The maximum atomic E-state index is 12.9. The molecule has 0 radical (unpaired) electrons. The van der Waals surface area contributed by atoms with E-state index < -0.39 is 10.0 Å². The van der Waals surface area contributed by atoms with Gasteiger partial charge in [-0.05, 0) is 29.9 Å². The Labute approximate surface area is 186 Å². The monoisotopic (exact) mass is 472 g/mol. The molecule has 0 atom stereocenters. The molecule has 2 aromatic carbocycles. The van der Waals surface area contributed by atoms with Crippen molar-refractivity contribution in [3.8, 4) is 0 Å². The zero-order valence-corrected chi connectivity index (χ0v) is 18.9. The number of sulfonamides is 1. The summed E-state index contributed by atoms with van der Waals surface area (Å²) < 4.78 is 27.1. The van der Waals surface area contributed by atoms with Gasteiger partial charge in [-0.2, -0.15) is 16.1 Å². The van der Waals surface area contributed by atoms with Crippen molar-refractivity contribution in [1.82, 2.24) is 9.21 Å². The van der Waals surface area contributed by atoms with Crippen LogP contribution in [0.15, 0.2) is 53.4 Å². The van der Waals surface area contributed by atoms with Crippen LogP contribution in [0.1, 0.15) is 5.56 Å². The molecule has 156 valence electrons. The highest BCUT2D eigenvalue weighted by Gasteiger charge is 2.32. The molecular weight excluding hydrogens is 451 g/mol. The highest BCUT2D eigenvalue weighted by Crippen LogP contribution is 2.31. The molecule has 1 aliphatic rings. The number of halogens is 2. The molecule has 1 fully saturated rings. The Kier molecular flexibility index (Phi) is 7.87. The molecule has 1 heterocycles. The summed E-state index contributed by atoms with van der Waals surface area (Å²) in [7, 11) is -3.80. The molecule has 9 heteroatoms. The molecule has 0 N–H and O–H groups in total. The third kappa shape index (κ3) is 5.67. The van der Waals surface area contributed by atoms with Gasteiger partial charge in [0.2, 0.25) is 15.9 Å². The number of nitrogens with zero attached hydrogens (tertiary/aromatic N) is 2. The van der Waals surface area contributed by atoms with Crippen LogP contribution in [-0.4, -0.2) is 61.2 Å². The van der Waals surface area contributed by atoms with Gasteiger partial charge in [-0.1, -0.05) is 59.6 Å². The zero-order valence-electron chi connectivity index (χ0n) is 15.8. The minimum Gasteiger partial charge on any atom is -0.339 e. The second-order valence-electron chi connectivity index (χ2n) is 6.62. The summed E-state index contributed by atoms with van der Waals surface area (Å²) in [6.07, 6.45) is 0.920. The number of hydrogen-bond acceptors (Lipinski definition) is 4. The normalized spacial score (nSPS) is 15.4. The van der Waals surface area contributed by atoms with Gasteiger partial charge >= 0.3 is 0 Å². The quantitative estimate of drug-likeness (QED) is 0.574. The van der Waals surface area contributed by atoms with Crippen molar-refractivity contribution in [3.63, 3.8) is 0 Å². The highest BCUT2D eigenvalue weighted by molar-refractivity contribution is 7.99. The van der Waals surface area contributed by atoms with Gasteiger partial charge in [0.25, 0.3) is 0 Å². The third-order valence-electron chi connectivity index (χ3n) is 4.71. The molecule has 2 aromatic rings. The zero-order chi connectivity index (χ0) is 20.9. The van der Waals surface area contributed by atoms with Crippen LogP contribution in [0, 0.1) is 0 Å². The summed E-state index contributed by atoms with van der Waals surface area (Å²) in [5.41, 5.74) is 1.25. The SMILES string of the molecule is O=C(CSCCc1ccccc1)N1CCN(S(=O)(=O)c2c(Cl)cccc2Cl)CC1. The van der Waals surface area contributed by atoms with Crippen LogP contribution in [0.4, 0.5) is 0 Å². The lowest BCUT2D eigenvalue weighted by Crippen LogP contribution is -2.51. The number of carbonyl (C=O) groups excluding carboxylic acids is 1. The van der Waals surface area contributed by atoms with E-state index in [4.69, 9.17) is 23.2 Å². The molecular formula is C20H22Cl2N2O3S2. The van der Waals surface area contributed by atoms with E-state index in [1.165, 1.54) is 22.0 Å². The van der Waals surface area contributed by atoms with Crippen molar-refractivity contribution in [3.05, 3.63) is 64.1 Å². The lowest BCUT2D eigenvalue weighted by Gasteiger charge is -2.34. The first-order valence-corrected chi connectivity index (χ1v) is 12.6. The molecule has 1 aliphatic heterocycles. The first-order valence-electron chi connectivity index (χ1n) is 9.23. The number of thioether (sulfide) groups is 1. The average molecular weight is 473 g/mol. The Morgan fingerprint density at radius 2 is 1.55 bits per heavy atom. The van der Waals surface area contributed by atoms with Crippen LogP contribution in [0.5, 0.6) is 0 Å². The second kappa shape index (κ2) is 10.2. The summed E-state index contributed by atoms with van der Waals surface area (Å²) in [6.45, 7) is 1.17. The maximum Gasteiger partial charge on any atom is 0.246 e. The van der Waals surface area contributed by atoms with E-state index in [0.717, 1.165) is 12.2 Å². The number of amides is 1. The van der Waals surface area contributed by atoms with E-state index in [9.17, 15) is 13.2 Å². The van der Waals surface area contributed by atoms with Crippen molar-refractivity contribution in [1.29, 1.82) is 0 Å². The molecule has 29 heavy (non-hydrogen) atoms. The van der Waals surface area contributed by atoms with Gasteiger partial charge in [0.05, 0.1) is 15.8 Å². The fourth-order valence-electron chi connectivity index (χ4n) is 3.12. The molecule has 0 bridgehead atoms. The molecule has 0 aromatic heterocycles. The van der Waals surface area contributed by atoms with Crippen LogP contribution in [0.2, 0.25) is 10.0 Å². The second-order valence-corrected chi connectivity index (χ2v) is 10.4. The molecule has 1 saturated heterocycles. The van der Waals surface area contributed by atoms with E-state index in [1.807, 2.05) is 18.2 Å². The van der Waals surface area contributed by atoms with Gasteiger partial charge in [0.1, 0.15) is 4.90 Å². The van der Waals surface area contributed by atoms with Crippen LogP contribution in [-0.2, 0) is 21.2 Å². The van der Waals surface area contributed by atoms with Crippen molar-refractivity contribution in [2.24, 2.45) is 0 Å². The summed E-state index contributed by atoms with van der Waals surface area (Å²) in [5, 5.41) is 0.205. The molecule has 1 amide bonds. The molecule has 0 aliphatic carbocycles.